The lowest BCUT2D eigenvalue weighted by molar-refractivity contribution is -0.883. The fraction of sp³-hybridized carbons (Fsp3) is 0.375. The summed E-state index contributed by atoms with van der Waals surface area (Å²) in [6, 6.07) is 13.3. The highest BCUT2D eigenvalue weighted by atomic mass is 15.3. The number of fused-ring (bicyclic) bond motifs is 1. The molecule has 0 saturated carbocycles. The Morgan fingerprint density at radius 1 is 0.882 bits per heavy atom. The average Bonchev–Trinajstić information content (AvgIpc) is 2.26. The van der Waals surface area contributed by atoms with Crippen LogP contribution < -0.4 is 0 Å². The van der Waals surface area contributed by atoms with E-state index in [2.05, 4.69) is 64.5 Å². The monoisotopic (exact) mass is 228 g/mol. The van der Waals surface area contributed by atoms with E-state index in [1.807, 2.05) is 0 Å². The van der Waals surface area contributed by atoms with Gasteiger partial charge in [-0.1, -0.05) is 43.3 Å². The van der Waals surface area contributed by atoms with E-state index in [0.717, 1.165) is 17.4 Å². The van der Waals surface area contributed by atoms with Gasteiger partial charge in [-0.25, -0.2) is 0 Å². The van der Waals surface area contributed by atoms with Gasteiger partial charge in [0.25, 0.3) is 0 Å². The normalized spacial score (nSPS) is 12.0. The summed E-state index contributed by atoms with van der Waals surface area (Å²) < 4.78 is 0.969. The zero-order valence-corrected chi connectivity index (χ0v) is 11.3. The zero-order valence-electron chi connectivity index (χ0n) is 11.3. The van der Waals surface area contributed by atoms with E-state index in [-0.39, 0.29) is 0 Å². The molecule has 0 unspecified atom stereocenters. The van der Waals surface area contributed by atoms with Crippen LogP contribution in [0.15, 0.2) is 36.4 Å². The molecule has 0 fully saturated rings. The fourth-order valence-electron chi connectivity index (χ4n) is 2.44. The molecule has 0 aliphatic carbocycles. The Labute approximate surface area is 104 Å². The van der Waals surface area contributed by atoms with Crippen LogP contribution in [0, 0.1) is 0 Å². The Kier molecular flexibility index (Phi) is 3.21. The summed E-state index contributed by atoms with van der Waals surface area (Å²) in [6.07, 6.45) is 1.10. The van der Waals surface area contributed by atoms with Gasteiger partial charge in [0, 0.05) is 5.56 Å². The Bertz CT molecular complexity index is 515. The van der Waals surface area contributed by atoms with E-state index in [1.165, 1.54) is 21.9 Å². The number of aryl methyl sites for hydroxylation is 1. The van der Waals surface area contributed by atoms with Crippen molar-refractivity contribution in [1.82, 2.24) is 0 Å². The second-order valence-electron chi connectivity index (χ2n) is 5.73. The Hall–Kier alpha value is -1.34. The number of hydrogen-bond acceptors (Lipinski definition) is 0. The summed E-state index contributed by atoms with van der Waals surface area (Å²) >= 11 is 0. The second kappa shape index (κ2) is 4.50. The van der Waals surface area contributed by atoms with Crippen LogP contribution in [0.3, 0.4) is 0 Å². The van der Waals surface area contributed by atoms with Crippen LogP contribution >= 0.6 is 0 Å². The SMILES string of the molecule is CCc1cccc2cccc(C[N+](C)(C)C)c12. The van der Waals surface area contributed by atoms with Crippen LogP contribution in [0.4, 0.5) is 0 Å². The maximum Gasteiger partial charge on any atom is 0.104 e. The highest BCUT2D eigenvalue weighted by Gasteiger charge is 2.12. The minimum Gasteiger partial charge on any atom is -0.327 e. The summed E-state index contributed by atoms with van der Waals surface area (Å²) in [5.41, 5.74) is 2.93. The van der Waals surface area contributed by atoms with E-state index in [0.29, 0.717) is 0 Å². The fourth-order valence-corrected chi connectivity index (χ4v) is 2.44. The molecule has 0 atom stereocenters. The van der Waals surface area contributed by atoms with Crippen LogP contribution in [0.5, 0.6) is 0 Å². The van der Waals surface area contributed by atoms with Crippen molar-refractivity contribution in [2.75, 3.05) is 21.1 Å². The van der Waals surface area contributed by atoms with Gasteiger partial charge in [0.15, 0.2) is 0 Å². The molecule has 0 saturated heterocycles. The lowest BCUT2D eigenvalue weighted by Crippen LogP contribution is -2.33. The predicted molar refractivity (Wildman–Crippen MR) is 75.1 cm³/mol. The highest BCUT2D eigenvalue weighted by molar-refractivity contribution is 5.88. The first-order valence-electron chi connectivity index (χ1n) is 6.31. The number of benzene rings is 2. The van der Waals surface area contributed by atoms with Crippen LogP contribution in [0.25, 0.3) is 10.8 Å². The first-order chi connectivity index (χ1) is 8.01. The molecule has 0 radical (unpaired) electrons. The summed E-state index contributed by atoms with van der Waals surface area (Å²) in [5, 5.41) is 2.83. The molecule has 0 heterocycles. The van der Waals surface area contributed by atoms with Gasteiger partial charge < -0.3 is 4.48 Å². The third kappa shape index (κ3) is 2.67. The molecule has 2 aromatic carbocycles. The summed E-state index contributed by atoms with van der Waals surface area (Å²) in [6.45, 7) is 3.31. The zero-order chi connectivity index (χ0) is 12.5. The smallest absolute Gasteiger partial charge is 0.104 e. The highest BCUT2D eigenvalue weighted by Crippen LogP contribution is 2.25. The molecular weight excluding hydrogens is 206 g/mol. The quantitative estimate of drug-likeness (QED) is 0.704. The number of nitrogens with zero attached hydrogens (tertiary/aromatic N) is 1. The Morgan fingerprint density at radius 2 is 1.47 bits per heavy atom. The standard InChI is InChI=1S/C16H22N/c1-5-13-8-6-9-14-10-7-11-15(16(13)14)12-17(2,3)4/h6-11H,5,12H2,1-4H3/q+1. The number of rotatable bonds is 3. The van der Waals surface area contributed by atoms with E-state index in [4.69, 9.17) is 0 Å². The molecule has 0 N–H and O–H groups in total. The van der Waals surface area contributed by atoms with Gasteiger partial charge in [-0.15, -0.1) is 0 Å². The van der Waals surface area contributed by atoms with Crippen LogP contribution in [-0.4, -0.2) is 25.6 Å². The van der Waals surface area contributed by atoms with Gasteiger partial charge in [0.1, 0.15) is 6.54 Å². The maximum atomic E-state index is 2.27. The molecule has 0 bridgehead atoms. The molecule has 0 aliphatic heterocycles. The molecule has 1 heteroatoms. The van der Waals surface area contributed by atoms with Crippen LogP contribution in [0.1, 0.15) is 18.1 Å². The summed E-state index contributed by atoms with van der Waals surface area (Å²) in [5.74, 6) is 0. The molecule has 0 amide bonds. The van der Waals surface area contributed by atoms with E-state index in [9.17, 15) is 0 Å². The minimum atomic E-state index is 0.969. The Morgan fingerprint density at radius 3 is 2.00 bits per heavy atom. The van der Waals surface area contributed by atoms with Crippen molar-refractivity contribution in [1.29, 1.82) is 0 Å². The second-order valence-corrected chi connectivity index (χ2v) is 5.73. The third-order valence-electron chi connectivity index (χ3n) is 3.10. The van der Waals surface area contributed by atoms with Crippen molar-refractivity contribution in [3.63, 3.8) is 0 Å². The molecule has 2 aromatic rings. The predicted octanol–water partition coefficient (Wildman–Crippen LogP) is 3.61. The van der Waals surface area contributed by atoms with Crippen molar-refractivity contribution < 1.29 is 4.48 Å². The van der Waals surface area contributed by atoms with Crippen molar-refractivity contribution >= 4 is 10.8 Å². The van der Waals surface area contributed by atoms with Crippen molar-refractivity contribution in [3.05, 3.63) is 47.5 Å². The van der Waals surface area contributed by atoms with Gasteiger partial charge in [-0.05, 0) is 22.8 Å². The van der Waals surface area contributed by atoms with Gasteiger partial charge in [0.05, 0.1) is 21.1 Å². The molecular formula is C16H22N+. The van der Waals surface area contributed by atoms with Gasteiger partial charge in [-0.2, -0.15) is 0 Å². The molecule has 90 valence electrons. The Balaban J connectivity index is 2.62. The van der Waals surface area contributed by atoms with E-state index >= 15 is 0 Å². The molecule has 17 heavy (non-hydrogen) atoms. The van der Waals surface area contributed by atoms with Crippen molar-refractivity contribution in [3.8, 4) is 0 Å². The largest absolute Gasteiger partial charge is 0.327 e. The number of quaternary nitrogens is 1. The minimum absolute atomic E-state index is 0.969. The molecule has 0 aliphatic rings. The average molecular weight is 228 g/mol. The van der Waals surface area contributed by atoms with Crippen LogP contribution in [0.2, 0.25) is 0 Å². The van der Waals surface area contributed by atoms with Crippen molar-refractivity contribution in [2.24, 2.45) is 0 Å². The van der Waals surface area contributed by atoms with E-state index < -0.39 is 0 Å². The number of hydrogen-bond donors (Lipinski definition) is 0. The molecule has 0 spiro atoms. The molecule has 0 aromatic heterocycles. The topological polar surface area (TPSA) is 0 Å². The summed E-state index contributed by atoms with van der Waals surface area (Å²) in [4.78, 5) is 0. The first-order valence-corrected chi connectivity index (χ1v) is 6.31. The lowest BCUT2D eigenvalue weighted by Gasteiger charge is -2.25. The maximum absolute atomic E-state index is 2.27. The van der Waals surface area contributed by atoms with E-state index in [1.54, 1.807) is 0 Å². The summed E-state index contributed by atoms with van der Waals surface area (Å²) in [7, 11) is 6.73. The van der Waals surface area contributed by atoms with Crippen molar-refractivity contribution in [2.45, 2.75) is 19.9 Å². The molecule has 2 rings (SSSR count). The van der Waals surface area contributed by atoms with Gasteiger partial charge in [0.2, 0.25) is 0 Å². The van der Waals surface area contributed by atoms with Crippen LogP contribution in [-0.2, 0) is 13.0 Å². The lowest BCUT2D eigenvalue weighted by atomic mass is 9.97. The van der Waals surface area contributed by atoms with Gasteiger partial charge >= 0.3 is 0 Å². The third-order valence-corrected chi connectivity index (χ3v) is 3.10. The van der Waals surface area contributed by atoms with Gasteiger partial charge in [-0.3, -0.25) is 0 Å². The molecule has 1 nitrogen and oxygen atoms in total. The first kappa shape index (κ1) is 12.1.